The molecule has 176 valence electrons. The lowest BCUT2D eigenvalue weighted by Gasteiger charge is -2.43. The fourth-order valence-electron chi connectivity index (χ4n) is 3.74. The van der Waals surface area contributed by atoms with Crippen LogP contribution in [0.5, 0.6) is 0 Å². The molecule has 1 fully saturated rings. The van der Waals surface area contributed by atoms with E-state index >= 15 is 0 Å². The van der Waals surface area contributed by atoms with Gasteiger partial charge in [0.2, 0.25) is 0 Å². The van der Waals surface area contributed by atoms with Crippen molar-refractivity contribution in [1.29, 1.82) is 0 Å². The fraction of sp³-hybridized carbons (Fsp3) is 0.560. The Morgan fingerprint density at radius 2 is 1.66 bits per heavy atom. The highest BCUT2D eigenvalue weighted by atomic mass is 16.6. The molecular weight excluding hydrogens is 412 g/mol. The van der Waals surface area contributed by atoms with Crippen LogP contribution in [0.2, 0.25) is 0 Å². The predicted octanol–water partition coefficient (Wildman–Crippen LogP) is 3.99. The van der Waals surface area contributed by atoms with E-state index in [1.54, 1.807) is 0 Å². The third-order valence-corrected chi connectivity index (χ3v) is 5.70. The molecule has 0 spiro atoms. The van der Waals surface area contributed by atoms with Crippen LogP contribution >= 0.6 is 0 Å². The predicted molar refractivity (Wildman–Crippen MR) is 118 cm³/mol. The lowest BCUT2D eigenvalue weighted by atomic mass is 9.80. The van der Waals surface area contributed by atoms with Gasteiger partial charge in [0.1, 0.15) is 25.4 Å². The lowest BCUT2D eigenvalue weighted by Crippen LogP contribution is -2.52. The van der Waals surface area contributed by atoms with Gasteiger partial charge >= 0.3 is 17.9 Å². The summed E-state index contributed by atoms with van der Waals surface area (Å²) in [5.41, 5.74) is 0.962. The minimum absolute atomic E-state index is 0.0395. The van der Waals surface area contributed by atoms with E-state index in [1.807, 2.05) is 49.4 Å². The van der Waals surface area contributed by atoms with Gasteiger partial charge in [-0.1, -0.05) is 56.3 Å². The first-order valence-corrected chi connectivity index (χ1v) is 11.1. The van der Waals surface area contributed by atoms with E-state index in [2.05, 4.69) is 6.92 Å². The molecule has 0 saturated carbocycles. The van der Waals surface area contributed by atoms with Crippen molar-refractivity contribution in [2.45, 2.75) is 71.9 Å². The van der Waals surface area contributed by atoms with Crippen LogP contribution in [0.25, 0.3) is 0 Å². The number of carbonyl (C=O) groups is 3. The standard InChI is InChI=1S/C25H34O7/c1-17-18(2)25(31-20(4)27)23(16-29-19(3)26)32-22(17)13-9-6-10-14-24(28)30-15-21-11-7-5-8-12-21/h5-9,11-12,17-18,22-23,25H,10,13-16H2,1-4H3/b9-6-/t17?,18-,22-,23?,25-/m1/s1. The first-order chi connectivity index (χ1) is 15.3. The Kier molecular flexibility index (Phi) is 10.4. The van der Waals surface area contributed by atoms with Gasteiger partial charge in [-0.3, -0.25) is 14.4 Å². The van der Waals surface area contributed by atoms with Crippen molar-refractivity contribution in [3.8, 4) is 0 Å². The molecule has 0 amide bonds. The molecule has 1 saturated heterocycles. The molecule has 1 aliphatic rings. The summed E-state index contributed by atoms with van der Waals surface area (Å²) in [6, 6.07) is 9.57. The number of ether oxygens (including phenoxy) is 4. The zero-order valence-corrected chi connectivity index (χ0v) is 19.3. The van der Waals surface area contributed by atoms with Gasteiger partial charge in [0, 0.05) is 26.2 Å². The Morgan fingerprint density at radius 3 is 2.31 bits per heavy atom. The molecule has 0 aliphatic carbocycles. The van der Waals surface area contributed by atoms with Crippen LogP contribution in [0, 0.1) is 11.8 Å². The van der Waals surface area contributed by atoms with Gasteiger partial charge in [0.25, 0.3) is 0 Å². The molecule has 1 aromatic rings. The van der Waals surface area contributed by atoms with E-state index in [0.717, 1.165) is 5.56 Å². The second-order valence-corrected chi connectivity index (χ2v) is 8.20. The van der Waals surface area contributed by atoms with E-state index in [4.69, 9.17) is 18.9 Å². The smallest absolute Gasteiger partial charge is 0.306 e. The minimum Gasteiger partial charge on any atom is -0.463 e. The summed E-state index contributed by atoms with van der Waals surface area (Å²) in [5.74, 6) is -0.854. The molecule has 2 rings (SSSR count). The monoisotopic (exact) mass is 446 g/mol. The highest BCUT2D eigenvalue weighted by molar-refractivity contribution is 5.69. The van der Waals surface area contributed by atoms with Crippen LogP contribution in [-0.4, -0.2) is 42.8 Å². The first-order valence-electron chi connectivity index (χ1n) is 11.1. The minimum atomic E-state index is -0.514. The number of hydrogen-bond donors (Lipinski definition) is 0. The molecule has 1 aromatic carbocycles. The Bertz CT molecular complexity index is 774. The average Bonchev–Trinajstić information content (AvgIpc) is 2.76. The number of esters is 3. The molecular formula is C25H34O7. The third-order valence-electron chi connectivity index (χ3n) is 5.70. The van der Waals surface area contributed by atoms with Crippen molar-refractivity contribution in [1.82, 2.24) is 0 Å². The topological polar surface area (TPSA) is 88.1 Å². The van der Waals surface area contributed by atoms with Crippen LogP contribution in [0.15, 0.2) is 42.5 Å². The second kappa shape index (κ2) is 13.0. The van der Waals surface area contributed by atoms with Crippen molar-refractivity contribution in [2.24, 2.45) is 11.8 Å². The molecule has 0 aromatic heterocycles. The Labute approximate surface area is 190 Å². The number of carbonyl (C=O) groups excluding carboxylic acids is 3. The zero-order valence-electron chi connectivity index (χ0n) is 19.3. The van der Waals surface area contributed by atoms with Crippen LogP contribution < -0.4 is 0 Å². The number of hydrogen-bond acceptors (Lipinski definition) is 7. The molecule has 1 aliphatic heterocycles. The molecule has 2 unspecified atom stereocenters. The molecule has 0 radical (unpaired) electrons. The number of rotatable bonds is 10. The molecule has 0 N–H and O–H groups in total. The average molecular weight is 447 g/mol. The van der Waals surface area contributed by atoms with Gasteiger partial charge in [-0.2, -0.15) is 0 Å². The van der Waals surface area contributed by atoms with Crippen LogP contribution in [-0.2, 0) is 39.9 Å². The van der Waals surface area contributed by atoms with E-state index in [1.165, 1.54) is 13.8 Å². The maximum atomic E-state index is 11.9. The molecule has 5 atom stereocenters. The van der Waals surface area contributed by atoms with E-state index in [9.17, 15) is 14.4 Å². The Balaban J connectivity index is 1.81. The fourth-order valence-corrected chi connectivity index (χ4v) is 3.74. The van der Waals surface area contributed by atoms with Crippen molar-refractivity contribution in [2.75, 3.05) is 6.61 Å². The maximum absolute atomic E-state index is 11.9. The van der Waals surface area contributed by atoms with E-state index < -0.39 is 18.2 Å². The number of allylic oxidation sites excluding steroid dienone is 1. The second-order valence-electron chi connectivity index (χ2n) is 8.20. The van der Waals surface area contributed by atoms with Gasteiger partial charge in [0.05, 0.1) is 6.10 Å². The summed E-state index contributed by atoms with van der Waals surface area (Å²) >= 11 is 0. The van der Waals surface area contributed by atoms with Gasteiger partial charge in [0.15, 0.2) is 0 Å². The van der Waals surface area contributed by atoms with Gasteiger partial charge in [-0.25, -0.2) is 0 Å². The summed E-state index contributed by atoms with van der Waals surface area (Å²) in [6.07, 6.45) is 4.38. The van der Waals surface area contributed by atoms with E-state index in [0.29, 0.717) is 19.3 Å². The summed E-state index contributed by atoms with van der Waals surface area (Å²) in [7, 11) is 0. The largest absolute Gasteiger partial charge is 0.463 e. The highest BCUT2D eigenvalue weighted by Gasteiger charge is 2.43. The van der Waals surface area contributed by atoms with Gasteiger partial charge in [-0.05, 0) is 24.3 Å². The third kappa shape index (κ3) is 8.46. The van der Waals surface area contributed by atoms with Crippen molar-refractivity contribution < 1.29 is 33.3 Å². The molecule has 0 bridgehead atoms. The summed E-state index contributed by atoms with van der Waals surface area (Å²) in [6.45, 7) is 7.09. The summed E-state index contributed by atoms with van der Waals surface area (Å²) in [5, 5.41) is 0. The van der Waals surface area contributed by atoms with Gasteiger partial charge in [-0.15, -0.1) is 0 Å². The molecule has 1 heterocycles. The number of benzene rings is 1. The Hall–Kier alpha value is -2.67. The highest BCUT2D eigenvalue weighted by Crippen LogP contribution is 2.34. The van der Waals surface area contributed by atoms with Crippen LogP contribution in [0.1, 0.15) is 52.5 Å². The zero-order chi connectivity index (χ0) is 23.5. The molecule has 7 nitrogen and oxygen atoms in total. The normalized spacial score (nSPS) is 25.3. The summed E-state index contributed by atoms with van der Waals surface area (Å²) in [4.78, 5) is 34.7. The maximum Gasteiger partial charge on any atom is 0.306 e. The van der Waals surface area contributed by atoms with Crippen molar-refractivity contribution in [3.05, 3.63) is 48.0 Å². The van der Waals surface area contributed by atoms with Crippen LogP contribution in [0.4, 0.5) is 0 Å². The molecule has 32 heavy (non-hydrogen) atoms. The lowest BCUT2D eigenvalue weighted by molar-refractivity contribution is -0.204. The molecule has 7 heteroatoms. The summed E-state index contributed by atoms with van der Waals surface area (Å²) < 4.78 is 22.0. The quantitative estimate of drug-likeness (QED) is 0.305. The Morgan fingerprint density at radius 1 is 0.938 bits per heavy atom. The van der Waals surface area contributed by atoms with Crippen molar-refractivity contribution >= 4 is 17.9 Å². The van der Waals surface area contributed by atoms with Gasteiger partial charge < -0.3 is 18.9 Å². The van der Waals surface area contributed by atoms with E-state index in [-0.39, 0.29) is 43.1 Å². The first kappa shape index (κ1) is 25.6. The van der Waals surface area contributed by atoms with Crippen LogP contribution in [0.3, 0.4) is 0 Å². The SMILES string of the molecule is CC(=O)OCC1O[C@H](C/C=C\CCC(=O)OCc2ccccc2)C(C)[C@@H](C)[C@H]1OC(C)=O. The van der Waals surface area contributed by atoms with Crippen molar-refractivity contribution in [3.63, 3.8) is 0 Å².